The van der Waals surface area contributed by atoms with Crippen LogP contribution in [-0.4, -0.2) is 114 Å². The highest BCUT2D eigenvalue weighted by Crippen LogP contribution is 2.27. The normalized spacial score (nSPS) is 16.9. The average molecular weight is 767 g/mol. The standard InChI is InChI=1S/C39H74N8O7/c1-10-13-21-31(47(22-14-11-2)25-27(5)43-34(49)26(4)23-40)37(52)46(9)30(18-12-3)35(50)45-32(28-19-16-15-17-20-28)36(51)44-29(33(41)48)24-42-38(53)54-39(6,7)8/h26-32H,10-25,40H2,1-9H3,(H2,41,48)(H,42,53)(H,43,49)(H,44,51)(H,45,50)/t26-,27+,29-,30-,31-,32-/m0/s1. The molecule has 1 aliphatic rings. The molecule has 0 aliphatic heterocycles. The van der Waals surface area contributed by atoms with Gasteiger partial charge in [0.2, 0.25) is 29.5 Å². The van der Waals surface area contributed by atoms with Crippen molar-refractivity contribution in [3.8, 4) is 0 Å². The molecule has 0 bridgehead atoms. The van der Waals surface area contributed by atoms with Crippen molar-refractivity contribution in [1.82, 2.24) is 31.1 Å². The first-order valence-corrected chi connectivity index (χ1v) is 20.3. The lowest BCUT2D eigenvalue weighted by Crippen LogP contribution is -2.61. The number of rotatable bonds is 24. The molecule has 54 heavy (non-hydrogen) atoms. The molecule has 0 aromatic carbocycles. The van der Waals surface area contributed by atoms with Gasteiger partial charge in [0.1, 0.15) is 23.7 Å². The number of carbonyl (C=O) groups is 6. The number of hydrogen-bond donors (Lipinski definition) is 6. The molecule has 0 aromatic heterocycles. The van der Waals surface area contributed by atoms with Gasteiger partial charge in [0.15, 0.2) is 0 Å². The molecule has 0 aromatic rings. The molecule has 0 unspecified atom stereocenters. The lowest BCUT2D eigenvalue weighted by atomic mass is 9.83. The summed E-state index contributed by atoms with van der Waals surface area (Å²) in [6.07, 6.45) is 8.45. The minimum absolute atomic E-state index is 0.133. The second-order valence-electron chi connectivity index (χ2n) is 16.0. The molecule has 0 heterocycles. The molecule has 312 valence electrons. The van der Waals surface area contributed by atoms with Crippen molar-refractivity contribution in [3.63, 3.8) is 0 Å². The summed E-state index contributed by atoms with van der Waals surface area (Å²) < 4.78 is 5.25. The second-order valence-corrected chi connectivity index (χ2v) is 16.0. The number of hydrogen-bond acceptors (Lipinski definition) is 9. The maximum absolute atomic E-state index is 14.5. The minimum Gasteiger partial charge on any atom is -0.444 e. The van der Waals surface area contributed by atoms with Gasteiger partial charge in [-0.15, -0.1) is 0 Å². The number of ether oxygens (including phenoxy) is 1. The molecule has 6 atom stereocenters. The first kappa shape index (κ1) is 48.6. The van der Waals surface area contributed by atoms with E-state index < -0.39 is 53.6 Å². The zero-order valence-corrected chi connectivity index (χ0v) is 34.8. The highest BCUT2D eigenvalue weighted by Gasteiger charge is 2.38. The minimum atomic E-state index is -1.25. The van der Waals surface area contributed by atoms with E-state index in [9.17, 15) is 28.8 Å². The zero-order valence-electron chi connectivity index (χ0n) is 34.8. The third-order valence-electron chi connectivity index (χ3n) is 9.94. The molecule has 0 radical (unpaired) electrons. The number of likely N-dealkylation sites (N-methyl/N-ethyl adjacent to an activating group) is 1. The highest BCUT2D eigenvalue weighted by molar-refractivity contribution is 5.95. The fourth-order valence-electron chi connectivity index (χ4n) is 6.75. The highest BCUT2D eigenvalue weighted by atomic mass is 16.6. The number of primary amides is 1. The fourth-order valence-corrected chi connectivity index (χ4v) is 6.75. The summed E-state index contributed by atoms with van der Waals surface area (Å²) in [6, 6.07) is -3.85. The Morgan fingerprint density at radius 3 is 1.98 bits per heavy atom. The van der Waals surface area contributed by atoms with E-state index in [-0.39, 0.29) is 42.8 Å². The molecule has 0 spiro atoms. The van der Waals surface area contributed by atoms with Crippen molar-refractivity contribution < 1.29 is 33.5 Å². The summed E-state index contributed by atoms with van der Waals surface area (Å²) in [5.74, 6) is -2.74. The topological polar surface area (TPSA) is 218 Å². The van der Waals surface area contributed by atoms with E-state index in [4.69, 9.17) is 16.2 Å². The largest absolute Gasteiger partial charge is 0.444 e. The molecule has 0 saturated heterocycles. The summed E-state index contributed by atoms with van der Waals surface area (Å²) in [5, 5.41) is 11.2. The van der Waals surface area contributed by atoms with E-state index in [2.05, 4.69) is 40.0 Å². The molecule has 1 fully saturated rings. The SMILES string of the molecule is CCCC[C@@H](C(=O)N(C)[C@@H](CCC)C(=O)N[C@H](C(=O)N[C@@H](CNC(=O)OC(C)(C)C)C(N)=O)C1CCCCC1)N(CCCC)C[C@@H](C)NC(=O)[C@@H](C)CN. The van der Waals surface area contributed by atoms with Gasteiger partial charge in [0.05, 0.1) is 12.6 Å². The van der Waals surface area contributed by atoms with Crippen molar-refractivity contribution in [2.75, 3.05) is 33.2 Å². The van der Waals surface area contributed by atoms with Crippen LogP contribution in [0.3, 0.4) is 0 Å². The fraction of sp³-hybridized carbons (Fsp3) is 0.846. The van der Waals surface area contributed by atoms with E-state index in [0.717, 1.165) is 44.9 Å². The number of unbranched alkanes of at least 4 members (excludes halogenated alkanes) is 2. The first-order valence-electron chi connectivity index (χ1n) is 20.3. The maximum Gasteiger partial charge on any atom is 0.407 e. The Bertz CT molecular complexity index is 1190. The average Bonchev–Trinajstić information content (AvgIpc) is 3.11. The Morgan fingerprint density at radius 2 is 1.44 bits per heavy atom. The predicted octanol–water partition coefficient (Wildman–Crippen LogP) is 2.93. The summed E-state index contributed by atoms with van der Waals surface area (Å²) >= 11 is 0. The third-order valence-corrected chi connectivity index (χ3v) is 9.94. The van der Waals surface area contributed by atoms with Crippen LogP contribution in [0, 0.1) is 11.8 Å². The van der Waals surface area contributed by atoms with Gasteiger partial charge in [-0.3, -0.25) is 28.9 Å². The van der Waals surface area contributed by atoms with E-state index in [0.29, 0.717) is 45.2 Å². The maximum atomic E-state index is 14.5. The van der Waals surface area contributed by atoms with Crippen molar-refractivity contribution in [2.24, 2.45) is 23.3 Å². The second kappa shape index (κ2) is 24.8. The Labute approximate surface area is 324 Å². The van der Waals surface area contributed by atoms with Gasteiger partial charge < -0.3 is 42.4 Å². The molecule has 1 saturated carbocycles. The van der Waals surface area contributed by atoms with Crippen LogP contribution >= 0.6 is 0 Å². The Balaban J connectivity index is 3.35. The van der Waals surface area contributed by atoms with Crippen LogP contribution in [0.15, 0.2) is 0 Å². The Hall–Kier alpha value is -3.46. The van der Waals surface area contributed by atoms with Crippen LogP contribution in [0.2, 0.25) is 0 Å². The third kappa shape index (κ3) is 17.3. The van der Waals surface area contributed by atoms with Crippen molar-refractivity contribution in [3.05, 3.63) is 0 Å². The summed E-state index contributed by atoms with van der Waals surface area (Å²) in [4.78, 5) is 83.6. The molecule has 15 heteroatoms. The molecular weight excluding hydrogens is 692 g/mol. The molecule has 1 aliphatic carbocycles. The molecular formula is C39H74N8O7. The zero-order chi connectivity index (χ0) is 41.0. The summed E-state index contributed by atoms with van der Waals surface area (Å²) in [6.45, 7) is 16.0. The van der Waals surface area contributed by atoms with Crippen LogP contribution in [0.5, 0.6) is 0 Å². The van der Waals surface area contributed by atoms with Crippen molar-refractivity contribution >= 4 is 35.6 Å². The molecule has 8 N–H and O–H groups in total. The van der Waals surface area contributed by atoms with Crippen LogP contribution in [0.25, 0.3) is 0 Å². The Morgan fingerprint density at radius 1 is 0.815 bits per heavy atom. The van der Waals surface area contributed by atoms with Gasteiger partial charge in [-0.2, -0.15) is 0 Å². The van der Waals surface area contributed by atoms with Gasteiger partial charge in [-0.25, -0.2) is 4.79 Å². The van der Waals surface area contributed by atoms with Crippen LogP contribution in [-0.2, 0) is 28.7 Å². The quantitative estimate of drug-likeness (QED) is 0.0850. The number of nitrogens with one attached hydrogen (secondary N) is 4. The molecule has 1 rings (SSSR count). The van der Waals surface area contributed by atoms with Crippen LogP contribution < -0.4 is 32.7 Å². The van der Waals surface area contributed by atoms with E-state index in [1.54, 1.807) is 34.7 Å². The van der Waals surface area contributed by atoms with Crippen molar-refractivity contribution in [2.45, 2.75) is 168 Å². The first-order chi connectivity index (χ1) is 25.4. The smallest absolute Gasteiger partial charge is 0.407 e. The summed E-state index contributed by atoms with van der Waals surface area (Å²) in [5.41, 5.74) is 10.6. The number of alkyl carbamates (subject to hydrolysis) is 1. The lowest BCUT2D eigenvalue weighted by molar-refractivity contribution is -0.145. The van der Waals surface area contributed by atoms with Crippen LogP contribution in [0.4, 0.5) is 4.79 Å². The van der Waals surface area contributed by atoms with Gasteiger partial charge in [0, 0.05) is 32.1 Å². The number of nitrogens with zero attached hydrogens (tertiary/aromatic N) is 2. The van der Waals surface area contributed by atoms with Crippen LogP contribution in [0.1, 0.15) is 132 Å². The van der Waals surface area contributed by atoms with E-state index >= 15 is 0 Å². The Kier molecular flexibility index (Phi) is 22.3. The number of nitrogens with two attached hydrogens (primary N) is 2. The molecule has 15 nitrogen and oxygen atoms in total. The predicted molar refractivity (Wildman–Crippen MR) is 211 cm³/mol. The molecule has 6 amide bonds. The van der Waals surface area contributed by atoms with E-state index in [1.165, 1.54) is 4.90 Å². The number of amides is 6. The number of carbonyl (C=O) groups excluding carboxylic acids is 6. The van der Waals surface area contributed by atoms with Gasteiger partial charge in [-0.05, 0) is 72.3 Å². The van der Waals surface area contributed by atoms with Gasteiger partial charge in [0.25, 0.3) is 0 Å². The van der Waals surface area contributed by atoms with E-state index in [1.807, 2.05) is 13.8 Å². The monoisotopic (exact) mass is 767 g/mol. The van der Waals surface area contributed by atoms with Gasteiger partial charge in [-0.1, -0.05) is 72.6 Å². The van der Waals surface area contributed by atoms with Gasteiger partial charge >= 0.3 is 6.09 Å². The lowest BCUT2D eigenvalue weighted by Gasteiger charge is -2.38. The summed E-state index contributed by atoms with van der Waals surface area (Å²) in [7, 11) is 1.65. The van der Waals surface area contributed by atoms with Crippen molar-refractivity contribution in [1.29, 1.82) is 0 Å².